The van der Waals surface area contributed by atoms with Gasteiger partial charge in [0.1, 0.15) is 0 Å². The van der Waals surface area contributed by atoms with Crippen LogP contribution in [0.5, 0.6) is 0 Å². The van der Waals surface area contributed by atoms with E-state index in [0.29, 0.717) is 0 Å². The zero-order chi connectivity index (χ0) is 23.7. The summed E-state index contributed by atoms with van der Waals surface area (Å²) in [5, 5.41) is 0. The molecule has 166 valence electrons. The van der Waals surface area contributed by atoms with Crippen LogP contribution in [-0.2, 0) is 0 Å². The number of hydrogen-bond acceptors (Lipinski definition) is 2. The Kier molecular flexibility index (Phi) is 5.81. The normalized spacial score (nSPS) is 10.9. The summed E-state index contributed by atoms with van der Waals surface area (Å²) in [5.41, 5.74) is 15.1. The van der Waals surface area contributed by atoms with Crippen LogP contribution in [-0.4, -0.2) is 9.97 Å². The first kappa shape index (κ1) is 21.8. The Morgan fingerprint density at radius 1 is 0.353 bits per heavy atom. The number of hydrogen-bond donors (Lipinski definition) is 0. The standard InChI is InChI=1S/C32H28N2/c1-21-19-31(27-9-13-33-14-10-27)23(3)17-29(21)25-5-7-26(8-6-25)30-18-24(4)32(20-22(30)2)28-11-15-34-16-12-28/h5-20H,1-4H3. The Hall–Kier alpha value is -4.04. The number of pyridine rings is 2. The maximum atomic E-state index is 4.15. The van der Waals surface area contributed by atoms with Crippen LogP contribution in [0.25, 0.3) is 44.5 Å². The van der Waals surface area contributed by atoms with E-state index in [4.69, 9.17) is 0 Å². The fraction of sp³-hybridized carbons (Fsp3) is 0.125. The number of nitrogens with zero attached hydrogens (tertiary/aromatic N) is 2. The summed E-state index contributed by atoms with van der Waals surface area (Å²) in [5.74, 6) is 0. The molecule has 2 nitrogen and oxygen atoms in total. The van der Waals surface area contributed by atoms with Crippen molar-refractivity contribution in [3.8, 4) is 44.5 Å². The highest BCUT2D eigenvalue weighted by Gasteiger charge is 2.11. The van der Waals surface area contributed by atoms with E-state index in [2.05, 4.69) is 110 Å². The molecule has 0 atom stereocenters. The molecule has 0 bridgehead atoms. The third-order valence-electron chi connectivity index (χ3n) is 6.63. The molecule has 2 heterocycles. The number of benzene rings is 3. The van der Waals surface area contributed by atoms with Gasteiger partial charge >= 0.3 is 0 Å². The Balaban J connectivity index is 1.48. The van der Waals surface area contributed by atoms with Gasteiger partial charge < -0.3 is 0 Å². The third-order valence-corrected chi connectivity index (χ3v) is 6.63. The highest BCUT2D eigenvalue weighted by Crippen LogP contribution is 2.35. The fourth-order valence-electron chi connectivity index (χ4n) is 4.77. The average molecular weight is 441 g/mol. The van der Waals surface area contributed by atoms with E-state index in [0.717, 1.165) is 0 Å². The second kappa shape index (κ2) is 9.07. The number of rotatable bonds is 4. The lowest BCUT2D eigenvalue weighted by molar-refractivity contribution is 1.32. The summed E-state index contributed by atoms with van der Waals surface area (Å²) in [6, 6.07) is 26.5. The lowest BCUT2D eigenvalue weighted by atomic mass is 9.90. The van der Waals surface area contributed by atoms with Crippen LogP contribution in [0.3, 0.4) is 0 Å². The highest BCUT2D eigenvalue weighted by molar-refractivity contribution is 5.80. The van der Waals surface area contributed by atoms with Gasteiger partial charge in [0.25, 0.3) is 0 Å². The first-order chi connectivity index (χ1) is 16.5. The summed E-state index contributed by atoms with van der Waals surface area (Å²) >= 11 is 0. The maximum Gasteiger partial charge on any atom is 0.0273 e. The van der Waals surface area contributed by atoms with Crippen LogP contribution < -0.4 is 0 Å². The second-order valence-corrected chi connectivity index (χ2v) is 9.01. The minimum atomic E-state index is 1.21. The van der Waals surface area contributed by atoms with Gasteiger partial charge in [-0.2, -0.15) is 0 Å². The predicted octanol–water partition coefficient (Wildman–Crippen LogP) is 8.38. The van der Waals surface area contributed by atoms with Crippen LogP contribution in [0.4, 0.5) is 0 Å². The van der Waals surface area contributed by atoms with Gasteiger partial charge in [-0.25, -0.2) is 0 Å². The van der Waals surface area contributed by atoms with E-state index in [9.17, 15) is 0 Å². The van der Waals surface area contributed by atoms with E-state index in [1.807, 2.05) is 24.8 Å². The quantitative estimate of drug-likeness (QED) is 0.280. The van der Waals surface area contributed by atoms with Crippen LogP contribution in [0.1, 0.15) is 22.3 Å². The monoisotopic (exact) mass is 440 g/mol. The zero-order valence-electron chi connectivity index (χ0n) is 20.1. The summed E-state index contributed by atoms with van der Waals surface area (Å²) in [7, 11) is 0. The zero-order valence-corrected chi connectivity index (χ0v) is 20.1. The van der Waals surface area contributed by atoms with Crippen molar-refractivity contribution in [2.75, 3.05) is 0 Å². The topological polar surface area (TPSA) is 25.8 Å². The van der Waals surface area contributed by atoms with Crippen LogP contribution in [0, 0.1) is 27.7 Å². The van der Waals surface area contributed by atoms with Crippen molar-refractivity contribution < 1.29 is 0 Å². The van der Waals surface area contributed by atoms with E-state index in [1.54, 1.807) is 0 Å². The first-order valence-corrected chi connectivity index (χ1v) is 11.7. The molecule has 0 saturated carbocycles. The third kappa shape index (κ3) is 4.15. The molecule has 0 aliphatic heterocycles. The molecule has 5 rings (SSSR count). The first-order valence-electron chi connectivity index (χ1n) is 11.7. The van der Waals surface area contributed by atoms with Gasteiger partial charge in [-0.15, -0.1) is 0 Å². The molecular weight excluding hydrogens is 412 g/mol. The van der Waals surface area contributed by atoms with Crippen molar-refractivity contribution in [3.05, 3.63) is 120 Å². The van der Waals surface area contributed by atoms with Crippen molar-refractivity contribution in [3.63, 3.8) is 0 Å². The van der Waals surface area contributed by atoms with E-state index >= 15 is 0 Å². The molecule has 0 unspecified atom stereocenters. The molecule has 0 fully saturated rings. The predicted molar refractivity (Wildman–Crippen MR) is 143 cm³/mol. The van der Waals surface area contributed by atoms with E-state index in [1.165, 1.54) is 66.8 Å². The molecule has 34 heavy (non-hydrogen) atoms. The van der Waals surface area contributed by atoms with Crippen molar-refractivity contribution in [1.82, 2.24) is 9.97 Å². The Bertz CT molecular complexity index is 1340. The minimum absolute atomic E-state index is 1.21. The van der Waals surface area contributed by atoms with Crippen LogP contribution in [0.2, 0.25) is 0 Å². The molecule has 0 saturated heterocycles. The van der Waals surface area contributed by atoms with Gasteiger partial charge in [0.15, 0.2) is 0 Å². The number of aromatic nitrogens is 2. The molecule has 0 radical (unpaired) electrons. The molecule has 2 heteroatoms. The molecule has 0 aliphatic rings. The summed E-state index contributed by atoms with van der Waals surface area (Å²) in [6.45, 7) is 8.75. The molecule has 0 aliphatic carbocycles. The smallest absolute Gasteiger partial charge is 0.0273 e. The van der Waals surface area contributed by atoms with Crippen molar-refractivity contribution in [2.45, 2.75) is 27.7 Å². The molecule has 0 N–H and O–H groups in total. The minimum Gasteiger partial charge on any atom is -0.265 e. The SMILES string of the molecule is Cc1cc(-c2ccc(-c3cc(C)c(-c4ccncc4)cc3C)cc2)c(C)cc1-c1ccncc1. The summed E-state index contributed by atoms with van der Waals surface area (Å²) < 4.78 is 0. The van der Waals surface area contributed by atoms with Crippen LogP contribution in [0.15, 0.2) is 97.6 Å². The van der Waals surface area contributed by atoms with Gasteiger partial charge in [0, 0.05) is 24.8 Å². The van der Waals surface area contributed by atoms with Crippen molar-refractivity contribution in [2.24, 2.45) is 0 Å². The van der Waals surface area contributed by atoms with Gasteiger partial charge in [-0.05, 0) is 119 Å². The van der Waals surface area contributed by atoms with Gasteiger partial charge in [0.2, 0.25) is 0 Å². The van der Waals surface area contributed by atoms with Crippen molar-refractivity contribution in [1.29, 1.82) is 0 Å². The highest BCUT2D eigenvalue weighted by atomic mass is 14.6. The van der Waals surface area contributed by atoms with E-state index < -0.39 is 0 Å². The van der Waals surface area contributed by atoms with E-state index in [-0.39, 0.29) is 0 Å². The maximum absolute atomic E-state index is 4.15. The Labute approximate surface area is 202 Å². The Morgan fingerprint density at radius 2 is 0.588 bits per heavy atom. The van der Waals surface area contributed by atoms with Crippen LogP contribution >= 0.6 is 0 Å². The summed E-state index contributed by atoms with van der Waals surface area (Å²) in [4.78, 5) is 8.30. The lowest BCUT2D eigenvalue weighted by Gasteiger charge is -2.15. The summed E-state index contributed by atoms with van der Waals surface area (Å²) in [6.07, 6.45) is 7.40. The molecule has 0 amide bonds. The van der Waals surface area contributed by atoms with Crippen molar-refractivity contribution >= 4 is 0 Å². The molecule has 0 spiro atoms. The largest absolute Gasteiger partial charge is 0.265 e. The molecular formula is C32H28N2. The average Bonchev–Trinajstić information content (AvgIpc) is 2.87. The Morgan fingerprint density at radius 3 is 0.853 bits per heavy atom. The van der Waals surface area contributed by atoms with Gasteiger partial charge in [-0.3, -0.25) is 9.97 Å². The second-order valence-electron chi connectivity index (χ2n) is 9.01. The lowest BCUT2D eigenvalue weighted by Crippen LogP contribution is -1.92. The fourth-order valence-corrected chi connectivity index (χ4v) is 4.77. The van der Waals surface area contributed by atoms with Gasteiger partial charge in [0.05, 0.1) is 0 Å². The molecule has 5 aromatic rings. The van der Waals surface area contributed by atoms with Gasteiger partial charge in [-0.1, -0.05) is 48.5 Å². The molecule has 2 aromatic heterocycles. The molecule has 3 aromatic carbocycles. The number of aryl methyl sites for hydroxylation is 4.